The molecule has 0 amide bonds. The molecule has 0 saturated carbocycles. The van der Waals surface area contributed by atoms with Crippen LogP contribution in [0.5, 0.6) is 0 Å². The molecule has 1 fully saturated rings. The van der Waals surface area contributed by atoms with Crippen LogP contribution < -0.4 is 4.90 Å². The van der Waals surface area contributed by atoms with Crippen molar-refractivity contribution in [1.29, 1.82) is 5.26 Å². The summed E-state index contributed by atoms with van der Waals surface area (Å²) < 4.78 is 27.1. The Morgan fingerprint density at radius 1 is 1.00 bits per heavy atom. The lowest BCUT2D eigenvalue weighted by molar-refractivity contribution is 0.385. The van der Waals surface area contributed by atoms with Crippen molar-refractivity contribution < 1.29 is 8.42 Å². The van der Waals surface area contributed by atoms with Crippen LogP contribution >= 0.6 is 23.2 Å². The van der Waals surface area contributed by atoms with Gasteiger partial charge in [-0.3, -0.25) is 0 Å². The van der Waals surface area contributed by atoms with Crippen LogP contribution in [0.4, 0.5) is 5.69 Å². The molecule has 0 unspecified atom stereocenters. The molecule has 25 heavy (non-hydrogen) atoms. The van der Waals surface area contributed by atoms with Crippen LogP contribution in [0.3, 0.4) is 0 Å². The molecule has 1 heterocycles. The lowest BCUT2D eigenvalue weighted by Crippen LogP contribution is -2.48. The number of sulfonamides is 1. The molecule has 2 aromatic carbocycles. The van der Waals surface area contributed by atoms with E-state index in [-0.39, 0.29) is 9.92 Å². The number of halogens is 2. The molecule has 1 aliphatic rings. The monoisotopic (exact) mass is 395 g/mol. The fraction of sp³-hybridized carbons (Fsp3) is 0.235. The first-order chi connectivity index (χ1) is 11.9. The summed E-state index contributed by atoms with van der Waals surface area (Å²) in [7, 11) is -3.71. The van der Waals surface area contributed by atoms with Gasteiger partial charge >= 0.3 is 0 Å². The Kier molecular flexibility index (Phi) is 5.21. The van der Waals surface area contributed by atoms with E-state index in [1.807, 2.05) is 23.1 Å². The maximum atomic E-state index is 12.8. The summed E-state index contributed by atoms with van der Waals surface area (Å²) >= 11 is 12.0. The van der Waals surface area contributed by atoms with E-state index < -0.39 is 10.0 Å². The summed E-state index contributed by atoms with van der Waals surface area (Å²) in [5, 5.41) is 9.70. The normalized spacial score (nSPS) is 15.8. The Labute approximate surface area is 157 Å². The minimum atomic E-state index is -3.71. The maximum absolute atomic E-state index is 12.8. The first-order valence-corrected chi connectivity index (χ1v) is 9.82. The van der Waals surface area contributed by atoms with Crippen LogP contribution in [0.2, 0.25) is 10.0 Å². The number of piperazine rings is 1. The van der Waals surface area contributed by atoms with Gasteiger partial charge in [-0.25, -0.2) is 8.42 Å². The number of hydrogen-bond acceptors (Lipinski definition) is 4. The standard InChI is InChI=1S/C17H15Cl2N3O2S/c18-14-5-6-15(19)17(11-14)25(23,24)22-9-7-21(8-10-22)16-4-2-1-3-13(16)12-20/h1-6,11H,7-10H2. The highest BCUT2D eigenvalue weighted by atomic mass is 35.5. The van der Waals surface area contributed by atoms with Gasteiger partial charge in [0.25, 0.3) is 0 Å². The number of benzene rings is 2. The first-order valence-electron chi connectivity index (χ1n) is 7.63. The Morgan fingerprint density at radius 3 is 2.36 bits per heavy atom. The molecule has 2 aromatic rings. The average molecular weight is 396 g/mol. The van der Waals surface area contributed by atoms with Crippen LogP contribution in [-0.2, 0) is 10.0 Å². The van der Waals surface area contributed by atoms with E-state index in [0.717, 1.165) is 5.69 Å². The molecule has 0 N–H and O–H groups in total. The van der Waals surface area contributed by atoms with Gasteiger partial charge in [-0.05, 0) is 30.3 Å². The second-order valence-electron chi connectivity index (χ2n) is 5.59. The van der Waals surface area contributed by atoms with Gasteiger partial charge < -0.3 is 4.90 Å². The first kappa shape index (κ1) is 18.0. The second-order valence-corrected chi connectivity index (χ2v) is 8.34. The molecule has 8 heteroatoms. The largest absolute Gasteiger partial charge is 0.368 e. The molecule has 0 aromatic heterocycles. The van der Waals surface area contributed by atoms with Crippen molar-refractivity contribution in [2.75, 3.05) is 31.1 Å². The molecule has 0 bridgehead atoms. The average Bonchev–Trinajstić information content (AvgIpc) is 2.63. The molecule has 0 spiro atoms. The summed E-state index contributed by atoms with van der Waals surface area (Å²) in [5.74, 6) is 0. The number of rotatable bonds is 3. The van der Waals surface area contributed by atoms with Gasteiger partial charge in [-0.1, -0.05) is 35.3 Å². The van der Waals surface area contributed by atoms with Crippen LogP contribution in [0, 0.1) is 11.3 Å². The maximum Gasteiger partial charge on any atom is 0.244 e. The minimum Gasteiger partial charge on any atom is -0.368 e. The third-order valence-electron chi connectivity index (χ3n) is 4.11. The zero-order valence-corrected chi connectivity index (χ0v) is 15.5. The van der Waals surface area contributed by atoms with Crippen molar-refractivity contribution in [1.82, 2.24) is 4.31 Å². The van der Waals surface area contributed by atoms with Gasteiger partial charge in [-0.15, -0.1) is 0 Å². The zero-order chi connectivity index (χ0) is 18.0. The van der Waals surface area contributed by atoms with Crippen LogP contribution in [0.25, 0.3) is 0 Å². The SMILES string of the molecule is N#Cc1ccccc1N1CCN(S(=O)(=O)c2cc(Cl)ccc2Cl)CC1. The van der Waals surface area contributed by atoms with Crippen LogP contribution in [0.1, 0.15) is 5.56 Å². The number of nitriles is 1. The third kappa shape index (κ3) is 3.60. The number of hydrogen-bond donors (Lipinski definition) is 0. The summed E-state index contributed by atoms with van der Waals surface area (Å²) in [6.07, 6.45) is 0. The lowest BCUT2D eigenvalue weighted by atomic mass is 10.1. The third-order valence-corrected chi connectivity index (χ3v) is 6.73. The lowest BCUT2D eigenvalue weighted by Gasteiger charge is -2.35. The van der Waals surface area contributed by atoms with E-state index in [4.69, 9.17) is 23.2 Å². The fourth-order valence-electron chi connectivity index (χ4n) is 2.83. The van der Waals surface area contributed by atoms with Crippen molar-refractivity contribution >= 4 is 38.9 Å². The Hall–Kier alpha value is -1.78. The Balaban J connectivity index is 1.80. The fourth-order valence-corrected chi connectivity index (χ4v) is 4.99. The van der Waals surface area contributed by atoms with Crippen LogP contribution in [0.15, 0.2) is 47.4 Å². The predicted octanol–water partition coefficient (Wildman–Crippen LogP) is 3.38. The number of para-hydroxylation sites is 1. The van der Waals surface area contributed by atoms with E-state index >= 15 is 0 Å². The van der Waals surface area contributed by atoms with Gasteiger partial charge in [0.1, 0.15) is 11.0 Å². The van der Waals surface area contributed by atoms with Gasteiger partial charge in [0.05, 0.1) is 16.3 Å². The Bertz CT molecular complexity index is 933. The number of anilines is 1. The highest BCUT2D eigenvalue weighted by molar-refractivity contribution is 7.89. The molecule has 0 radical (unpaired) electrons. The quantitative estimate of drug-likeness (QED) is 0.798. The van der Waals surface area contributed by atoms with E-state index in [1.54, 1.807) is 12.1 Å². The van der Waals surface area contributed by atoms with Crippen molar-refractivity contribution in [2.45, 2.75) is 4.90 Å². The van der Waals surface area contributed by atoms with Crippen molar-refractivity contribution in [3.8, 4) is 6.07 Å². The predicted molar refractivity (Wildman–Crippen MR) is 98.6 cm³/mol. The highest BCUT2D eigenvalue weighted by Crippen LogP contribution is 2.29. The smallest absolute Gasteiger partial charge is 0.244 e. The molecule has 1 aliphatic heterocycles. The van der Waals surface area contributed by atoms with Crippen molar-refractivity contribution in [3.05, 3.63) is 58.1 Å². The summed E-state index contributed by atoms with van der Waals surface area (Å²) in [5.41, 5.74) is 1.40. The zero-order valence-electron chi connectivity index (χ0n) is 13.2. The molecule has 0 aliphatic carbocycles. The second kappa shape index (κ2) is 7.22. The number of nitrogens with zero attached hydrogens (tertiary/aromatic N) is 3. The van der Waals surface area contributed by atoms with Gasteiger partial charge in [0, 0.05) is 31.2 Å². The molecular weight excluding hydrogens is 381 g/mol. The van der Waals surface area contributed by atoms with Crippen molar-refractivity contribution in [2.24, 2.45) is 0 Å². The van der Waals surface area contributed by atoms with E-state index in [0.29, 0.717) is 36.8 Å². The topological polar surface area (TPSA) is 64.4 Å². The van der Waals surface area contributed by atoms with Crippen LogP contribution in [-0.4, -0.2) is 38.9 Å². The van der Waals surface area contributed by atoms with E-state index in [9.17, 15) is 13.7 Å². The van der Waals surface area contributed by atoms with Gasteiger partial charge in [0.2, 0.25) is 10.0 Å². The van der Waals surface area contributed by atoms with Crippen molar-refractivity contribution in [3.63, 3.8) is 0 Å². The summed E-state index contributed by atoms with van der Waals surface area (Å²) in [4.78, 5) is 2.04. The van der Waals surface area contributed by atoms with E-state index in [1.165, 1.54) is 16.4 Å². The molecule has 3 rings (SSSR count). The summed E-state index contributed by atoms with van der Waals surface area (Å²) in [6, 6.07) is 13.9. The highest BCUT2D eigenvalue weighted by Gasteiger charge is 2.30. The van der Waals surface area contributed by atoms with Gasteiger partial charge in [-0.2, -0.15) is 9.57 Å². The molecule has 130 valence electrons. The van der Waals surface area contributed by atoms with E-state index in [2.05, 4.69) is 6.07 Å². The molecular formula is C17H15Cl2N3O2S. The van der Waals surface area contributed by atoms with Gasteiger partial charge in [0.15, 0.2) is 0 Å². The molecule has 5 nitrogen and oxygen atoms in total. The summed E-state index contributed by atoms with van der Waals surface area (Å²) in [6.45, 7) is 1.61. The Morgan fingerprint density at radius 2 is 1.68 bits per heavy atom. The molecule has 1 saturated heterocycles. The minimum absolute atomic E-state index is 0.0209. The molecule has 0 atom stereocenters.